The van der Waals surface area contributed by atoms with Crippen LogP contribution in [0.3, 0.4) is 0 Å². The van der Waals surface area contributed by atoms with E-state index in [1.54, 1.807) is 54.6 Å². The Morgan fingerprint density at radius 3 is 2.06 bits per heavy atom. The highest BCUT2D eigenvalue weighted by Crippen LogP contribution is 2.38. The van der Waals surface area contributed by atoms with Crippen molar-refractivity contribution in [1.82, 2.24) is 0 Å². The van der Waals surface area contributed by atoms with Crippen LogP contribution in [0.5, 0.6) is 0 Å². The monoisotopic (exact) mass is 403 g/mol. The fourth-order valence-corrected chi connectivity index (χ4v) is 3.95. The molecule has 0 saturated carbocycles. The number of ketones is 2. The van der Waals surface area contributed by atoms with Gasteiger partial charge in [0.25, 0.3) is 5.91 Å². The smallest absolute Gasteiger partial charge is 0.256 e. The Balaban J connectivity index is 1.45. The van der Waals surface area contributed by atoms with E-state index in [2.05, 4.69) is 5.32 Å². The van der Waals surface area contributed by atoms with Crippen LogP contribution in [0.4, 0.5) is 5.69 Å². The van der Waals surface area contributed by atoms with E-state index in [0.717, 1.165) is 11.1 Å². The van der Waals surface area contributed by atoms with Crippen molar-refractivity contribution < 1.29 is 14.4 Å². The molecule has 0 aromatic heterocycles. The molecule has 0 atom stereocenters. The lowest BCUT2D eigenvalue weighted by atomic mass is 10.00. The lowest BCUT2D eigenvalue weighted by Crippen LogP contribution is -2.16. The minimum atomic E-state index is -0.387. The van der Waals surface area contributed by atoms with Gasteiger partial charge in [-0.15, -0.1) is 0 Å². The van der Waals surface area contributed by atoms with Crippen LogP contribution in [0.25, 0.3) is 11.1 Å². The van der Waals surface area contributed by atoms with E-state index in [9.17, 15) is 14.4 Å². The van der Waals surface area contributed by atoms with Crippen LogP contribution in [0.2, 0.25) is 0 Å². The number of hydrogen-bond acceptors (Lipinski definition) is 3. The van der Waals surface area contributed by atoms with Gasteiger partial charge in [-0.2, -0.15) is 0 Å². The first-order chi connectivity index (χ1) is 15.1. The molecule has 0 radical (unpaired) electrons. The summed E-state index contributed by atoms with van der Waals surface area (Å²) in [5, 5.41) is 2.84. The maximum Gasteiger partial charge on any atom is 0.256 e. The van der Waals surface area contributed by atoms with Crippen molar-refractivity contribution in [1.29, 1.82) is 0 Å². The Kier molecular flexibility index (Phi) is 4.53. The van der Waals surface area contributed by atoms with Gasteiger partial charge in [-0.1, -0.05) is 78.9 Å². The summed E-state index contributed by atoms with van der Waals surface area (Å²) in [7, 11) is 0. The maximum absolute atomic E-state index is 13.1. The first kappa shape index (κ1) is 18.7. The summed E-state index contributed by atoms with van der Waals surface area (Å²) in [6.07, 6.45) is 0. The average molecular weight is 403 g/mol. The Labute approximate surface area is 179 Å². The molecule has 148 valence electrons. The van der Waals surface area contributed by atoms with Gasteiger partial charge in [0.15, 0.2) is 11.6 Å². The summed E-state index contributed by atoms with van der Waals surface area (Å²) < 4.78 is 0. The summed E-state index contributed by atoms with van der Waals surface area (Å²) in [6.45, 7) is 0. The van der Waals surface area contributed by atoms with Crippen molar-refractivity contribution in [3.8, 4) is 11.1 Å². The number of fused-ring (bicyclic) bond motifs is 3. The van der Waals surface area contributed by atoms with Crippen LogP contribution in [-0.4, -0.2) is 17.5 Å². The van der Waals surface area contributed by atoms with Crippen LogP contribution in [-0.2, 0) is 0 Å². The first-order valence-electron chi connectivity index (χ1n) is 9.92. The molecule has 1 N–H and O–H groups in total. The SMILES string of the molecule is O=C(c1ccccc1)c1cccc(NC(=O)c2cccc3c2C(=O)c2ccccc2-3)c1. The lowest BCUT2D eigenvalue weighted by molar-refractivity contribution is 0.0998. The molecule has 4 aromatic carbocycles. The summed E-state index contributed by atoms with van der Waals surface area (Å²) in [4.78, 5) is 38.7. The molecule has 0 unspecified atom stereocenters. The van der Waals surface area contributed by atoms with Gasteiger partial charge in [0.1, 0.15) is 0 Å². The number of anilines is 1. The Hall–Kier alpha value is -4.31. The second-order valence-electron chi connectivity index (χ2n) is 7.33. The quantitative estimate of drug-likeness (QED) is 0.410. The van der Waals surface area contributed by atoms with Crippen molar-refractivity contribution in [2.24, 2.45) is 0 Å². The zero-order chi connectivity index (χ0) is 21.4. The third-order valence-corrected chi connectivity index (χ3v) is 5.42. The van der Waals surface area contributed by atoms with E-state index in [1.165, 1.54) is 0 Å². The van der Waals surface area contributed by atoms with Gasteiger partial charge >= 0.3 is 0 Å². The zero-order valence-corrected chi connectivity index (χ0v) is 16.5. The topological polar surface area (TPSA) is 63.2 Å². The summed E-state index contributed by atoms with van der Waals surface area (Å²) >= 11 is 0. The van der Waals surface area contributed by atoms with Crippen molar-refractivity contribution in [2.45, 2.75) is 0 Å². The lowest BCUT2D eigenvalue weighted by Gasteiger charge is -2.10. The number of benzene rings is 4. The molecule has 0 bridgehead atoms. The average Bonchev–Trinajstić information content (AvgIpc) is 3.12. The predicted octanol–water partition coefficient (Wildman–Crippen LogP) is 5.38. The minimum absolute atomic E-state index is 0.122. The van der Waals surface area contributed by atoms with Crippen molar-refractivity contribution in [3.63, 3.8) is 0 Å². The van der Waals surface area contributed by atoms with Gasteiger partial charge in [0, 0.05) is 27.9 Å². The fraction of sp³-hybridized carbons (Fsp3) is 0. The summed E-state index contributed by atoms with van der Waals surface area (Å²) in [5.74, 6) is -0.658. The first-order valence-corrected chi connectivity index (χ1v) is 9.92. The van der Waals surface area contributed by atoms with Crippen LogP contribution >= 0.6 is 0 Å². The Bertz CT molecular complexity index is 1360. The molecule has 4 nitrogen and oxygen atoms in total. The van der Waals surface area contributed by atoms with Gasteiger partial charge in [-0.3, -0.25) is 14.4 Å². The number of amides is 1. The van der Waals surface area contributed by atoms with Crippen molar-refractivity contribution in [2.75, 3.05) is 5.32 Å². The number of hydrogen-bond donors (Lipinski definition) is 1. The molecule has 0 heterocycles. The van der Waals surface area contributed by atoms with Crippen LogP contribution in [0, 0.1) is 0 Å². The molecule has 0 saturated heterocycles. The molecule has 0 spiro atoms. The van der Waals surface area contributed by atoms with Gasteiger partial charge in [-0.05, 0) is 29.3 Å². The van der Waals surface area contributed by atoms with E-state index >= 15 is 0 Å². The maximum atomic E-state index is 13.1. The second-order valence-corrected chi connectivity index (χ2v) is 7.33. The van der Waals surface area contributed by atoms with Gasteiger partial charge in [0.05, 0.1) is 5.56 Å². The van der Waals surface area contributed by atoms with Crippen LogP contribution in [0.15, 0.2) is 97.1 Å². The van der Waals surface area contributed by atoms with Gasteiger partial charge in [-0.25, -0.2) is 0 Å². The molecule has 1 amide bonds. The molecule has 4 heteroatoms. The Morgan fingerprint density at radius 2 is 1.26 bits per heavy atom. The summed E-state index contributed by atoms with van der Waals surface area (Å²) in [5.41, 5.74) is 4.49. The van der Waals surface area contributed by atoms with Gasteiger partial charge < -0.3 is 5.32 Å². The van der Waals surface area contributed by atoms with E-state index in [-0.39, 0.29) is 17.5 Å². The highest BCUT2D eigenvalue weighted by Gasteiger charge is 2.30. The number of carbonyl (C=O) groups excluding carboxylic acids is 3. The normalized spacial score (nSPS) is 11.5. The second kappa shape index (κ2) is 7.50. The van der Waals surface area contributed by atoms with Crippen LogP contribution < -0.4 is 5.32 Å². The van der Waals surface area contributed by atoms with Crippen molar-refractivity contribution in [3.05, 3.63) is 125 Å². The molecule has 0 aliphatic heterocycles. The molecule has 4 aromatic rings. The predicted molar refractivity (Wildman–Crippen MR) is 120 cm³/mol. The Morgan fingerprint density at radius 1 is 0.613 bits per heavy atom. The highest BCUT2D eigenvalue weighted by molar-refractivity contribution is 6.26. The highest BCUT2D eigenvalue weighted by atomic mass is 16.2. The standard InChI is InChI=1S/C27H17NO3/c29-25(17-8-2-1-3-9-17)18-10-6-11-19(16-18)28-27(31)23-15-7-14-21-20-12-4-5-13-22(20)26(30)24(21)23/h1-16H,(H,28,31). The van der Waals surface area contributed by atoms with Gasteiger partial charge in [0.2, 0.25) is 0 Å². The summed E-state index contributed by atoms with van der Waals surface area (Å²) in [6, 6.07) is 28.4. The fourth-order valence-electron chi connectivity index (χ4n) is 3.95. The number of rotatable bonds is 4. The third kappa shape index (κ3) is 3.24. The molecular formula is C27H17NO3. The minimum Gasteiger partial charge on any atom is -0.322 e. The number of carbonyl (C=O) groups is 3. The van der Waals surface area contributed by atoms with E-state index in [1.807, 2.05) is 42.5 Å². The molecule has 1 aliphatic rings. The largest absolute Gasteiger partial charge is 0.322 e. The van der Waals surface area contributed by atoms with E-state index < -0.39 is 0 Å². The van der Waals surface area contributed by atoms with E-state index in [4.69, 9.17) is 0 Å². The number of nitrogens with one attached hydrogen (secondary N) is 1. The molecular weight excluding hydrogens is 386 g/mol. The van der Waals surface area contributed by atoms with Crippen molar-refractivity contribution >= 4 is 23.2 Å². The molecule has 5 rings (SSSR count). The zero-order valence-electron chi connectivity index (χ0n) is 16.5. The molecule has 31 heavy (non-hydrogen) atoms. The van der Waals surface area contributed by atoms with Crippen LogP contribution in [0.1, 0.15) is 42.2 Å². The van der Waals surface area contributed by atoms with E-state index in [0.29, 0.717) is 33.5 Å². The molecule has 1 aliphatic carbocycles. The third-order valence-electron chi connectivity index (χ3n) is 5.42. The molecule has 0 fully saturated rings.